The first-order valence-electron chi connectivity index (χ1n) is 5.72. The fourth-order valence-electron chi connectivity index (χ4n) is 1.42. The lowest BCUT2D eigenvalue weighted by molar-refractivity contribution is 0.381. The smallest absolute Gasteiger partial charge is 0.276 e. The van der Waals surface area contributed by atoms with Gasteiger partial charge in [0.25, 0.3) is 10.0 Å². The summed E-state index contributed by atoms with van der Waals surface area (Å²) in [6.45, 7) is 3.06. The Labute approximate surface area is 103 Å². The predicted molar refractivity (Wildman–Crippen MR) is 66.2 cm³/mol. The van der Waals surface area contributed by atoms with Gasteiger partial charge in [0.2, 0.25) is 5.09 Å². The van der Waals surface area contributed by atoms with Gasteiger partial charge in [0.1, 0.15) is 5.76 Å². The molecule has 0 spiro atoms. The maximum Gasteiger partial charge on any atom is 0.276 e. The van der Waals surface area contributed by atoms with Crippen LogP contribution in [0.4, 0.5) is 0 Å². The Morgan fingerprint density at radius 2 is 2.12 bits per heavy atom. The van der Waals surface area contributed by atoms with Gasteiger partial charge >= 0.3 is 0 Å². The molecule has 0 unspecified atom stereocenters. The van der Waals surface area contributed by atoms with Crippen LogP contribution in [0.2, 0.25) is 0 Å². The number of nitrogens with one attached hydrogen (secondary N) is 1. The zero-order valence-corrected chi connectivity index (χ0v) is 11.4. The highest BCUT2D eigenvalue weighted by molar-refractivity contribution is 7.89. The standard InChI is InChI=1S/C11H20N2O3S/c1-4-5-8-13(3)17(14,15)11-7-6-10(16-11)9-12-2/h6-7,12H,4-5,8-9H2,1-3H3. The minimum Gasteiger partial charge on any atom is -0.447 e. The fourth-order valence-corrected chi connectivity index (χ4v) is 2.55. The number of rotatable bonds is 7. The third kappa shape index (κ3) is 3.55. The highest BCUT2D eigenvalue weighted by Gasteiger charge is 2.23. The molecule has 0 aliphatic heterocycles. The van der Waals surface area contributed by atoms with E-state index >= 15 is 0 Å². The summed E-state index contributed by atoms with van der Waals surface area (Å²) < 4.78 is 30.8. The lowest BCUT2D eigenvalue weighted by Crippen LogP contribution is -2.27. The van der Waals surface area contributed by atoms with Crippen molar-refractivity contribution in [3.8, 4) is 0 Å². The van der Waals surface area contributed by atoms with E-state index in [2.05, 4.69) is 5.32 Å². The van der Waals surface area contributed by atoms with E-state index in [1.807, 2.05) is 6.92 Å². The number of sulfonamides is 1. The van der Waals surface area contributed by atoms with Gasteiger partial charge < -0.3 is 9.73 Å². The van der Waals surface area contributed by atoms with Crippen molar-refractivity contribution in [3.63, 3.8) is 0 Å². The van der Waals surface area contributed by atoms with Crippen molar-refractivity contribution in [2.24, 2.45) is 0 Å². The van der Waals surface area contributed by atoms with Crippen molar-refractivity contribution in [3.05, 3.63) is 17.9 Å². The van der Waals surface area contributed by atoms with Crippen LogP contribution in [0, 0.1) is 0 Å². The van der Waals surface area contributed by atoms with Crippen LogP contribution in [0.3, 0.4) is 0 Å². The molecule has 0 saturated carbocycles. The number of unbranched alkanes of at least 4 members (excludes halogenated alkanes) is 1. The van der Waals surface area contributed by atoms with Crippen LogP contribution in [0.5, 0.6) is 0 Å². The number of hydrogen-bond acceptors (Lipinski definition) is 4. The first kappa shape index (κ1) is 14.2. The lowest BCUT2D eigenvalue weighted by atomic mass is 10.3. The van der Waals surface area contributed by atoms with Gasteiger partial charge in [-0.2, -0.15) is 4.31 Å². The maximum atomic E-state index is 12.1. The van der Waals surface area contributed by atoms with E-state index in [4.69, 9.17) is 4.42 Å². The summed E-state index contributed by atoms with van der Waals surface area (Å²) in [6.07, 6.45) is 1.81. The van der Waals surface area contributed by atoms with Gasteiger partial charge in [-0.25, -0.2) is 8.42 Å². The number of hydrogen-bond donors (Lipinski definition) is 1. The van der Waals surface area contributed by atoms with Gasteiger partial charge in [0, 0.05) is 13.6 Å². The van der Waals surface area contributed by atoms with Gasteiger partial charge in [-0.15, -0.1) is 0 Å². The third-order valence-electron chi connectivity index (χ3n) is 2.48. The summed E-state index contributed by atoms with van der Waals surface area (Å²) in [5.41, 5.74) is 0. The first-order valence-corrected chi connectivity index (χ1v) is 7.16. The monoisotopic (exact) mass is 260 g/mol. The van der Waals surface area contributed by atoms with E-state index < -0.39 is 10.0 Å². The second-order valence-electron chi connectivity index (χ2n) is 3.93. The van der Waals surface area contributed by atoms with E-state index in [0.29, 0.717) is 18.8 Å². The number of furan rings is 1. The molecule has 0 saturated heterocycles. The molecular formula is C11H20N2O3S. The largest absolute Gasteiger partial charge is 0.447 e. The van der Waals surface area contributed by atoms with Crippen LogP contribution < -0.4 is 5.32 Å². The Morgan fingerprint density at radius 1 is 1.41 bits per heavy atom. The second kappa shape index (κ2) is 6.18. The van der Waals surface area contributed by atoms with Crippen molar-refractivity contribution in [1.29, 1.82) is 0 Å². The summed E-state index contributed by atoms with van der Waals surface area (Å²) in [4.78, 5) is 0. The van der Waals surface area contributed by atoms with Crippen LogP contribution >= 0.6 is 0 Å². The average molecular weight is 260 g/mol. The molecule has 17 heavy (non-hydrogen) atoms. The van der Waals surface area contributed by atoms with Gasteiger partial charge in [0.15, 0.2) is 0 Å². The normalized spacial score (nSPS) is 12.2. The fraction of sp³-hybridized carbons (Fsp3) is 0.636. The van der Waals surface area contributed by atoms with Crippen molar-refractivity contribution in [2.45, 2.75) is 31.4 Å². The molecule has 1 rings (SSSR count). The van der Waals surface area contributed by atoms with Crippen molar-refractivity contribution in [1.82, 2.24) is 9.62 Å². The minimum atomic E-state index is -3.47. The molecule has 6 heteroatoms. The molecule has 1 N–H and O–H groups in total. The Morgan fingerprint density at radius 3 is 2.71 bits per heavy atom. The minimum absolute atomic E-state index is 0.0151. The average Bonchev–Trinajstić information content (AvgIpc) is 2.75. The second-order valence-corrected chi connectivity index (χ2v) is 5.91. The molecule has 0 atom stereocenters. The van der Waals surface area contributed by atoms with E-state index in [0.717, 1.165) is 12.8 Å². The molecule has 0 aliphatic carbocycles. The number of nitrogens with zero attached hydrogens (tertiary/aromatic N) is 1. The molecule has 98 valence electrons. The maximum absolute atomic E-state index is 12.1. The highest BCUT2D eigenvalue weighted by atomic mass is 32.2. The topological polar surface area (TPSA) is 62.6 Å². The zero-order chi connectivity index (χ0) is 12.9. The molecule has 0 amide bonds. The molecule has 1 heterocycles. The molecule has 0 fully saturated rings. The van der Waals surface area contributed by atoms with E-state index in [9.17, 15) is 8.42 Å². The van der Waals surface area contributed by atoms with Crippen molar-refractivity contribution < 1.29 is 12.8 Å². The van der Waals surface area contributed by atoms with Gasteiger partial charge in [-0.1, -0.05) is 13.3 Å². The molecule has 1 aromatic rings. The van der Waals surface area contributed by atoms with Gasteiger partial charge in [0.05, 0.1) is 6.54 Å². The quantitative estimate of drug-likeness (QED) is 0.805. The molecule has 1 aromatic heterocycles. The van der Waals surface area contributed by atoms with E-state index in [1.54, 1.807) is 20.2 Å². The van der Waals surface area contributed by atoms with Crippen LogP contribution in [-0.2, 0) is 16.6 Å². The summed E-state index contributed by atoms with van der Waals surface area (Å²) in [5, 5.41) is 2.93. The molecule has 0 bridgehead atoms. The van der Waals surface area contributed by atoms with Crippen LogP contribution in [0.25, 0.3) is 0 Å². The Hall–Kier alpha value is -0.850. The molecule has 5 nitrogen and oxygen atoms in total. The SMILES string of the molecule is CCCCN(C)S(=O)(=O)c1ccc(CNC)o1. The lowest BCUT2D eigenvalue weighted by Gasteiger charge is -2.14. The Balaban J connectivity index is 2.81. The summed E-state index contributed by atoms with van der Waals surface area (Å²) in [6, 6.07) is 3.18. The van der Waals surface area contributed by atoms with Crippen LogP contribution in [0.15, 0.2) is 21.6 Å². The van der Waals surface area contributed by atoms with Crippen molar-refractivity contribution >= 4 is 10.0 Å². The van der Waals surface area contributed by atoms with Crippen molar-refractivity contribution in [2.75, 3.05) is 20.6 Å². The predicted octanol–water partition coefficient (Wildman–Crippen LogP) is 1.42. The Kier molecular flexibility index (Phi) is 5.17. The molecule has 0 aliphatic rings. The summed E-state index contributed by atoms with van der Waals surface area (Å²) in [5.74, 6) is 0.620. The molecule has 0 radical (unpaired) electrons. The summed E-state index contributed by atoms with van der Waals surface area (Å²) in [7, 11) is -0.113. The third-order valence-corrected chi connectivity index (χ3v) is 4.21. The van der Waals surface area contributed by atoms with Gasteiger partial charge in [-0.3, -0.25) is 0 Å². The molecule has 0 aromatic carbocycles. The van der Waals surface area contributed by atoms with Crippen LogP contribution in [0.1, 0.15) is 25.5 Å². The van der Waals surface area contributed by atoms with E-state index in [-0.39, 0.29) is 5.09 Å². The zero-order valence-electron chi connectivity index (χ0n) is 10.6. The summed E-state index contributed by atoms with van der Waals surface area (Å²) >= 11 is 0. The Bertz CT molecular complexity index is 439. The highest BCUT2D eigenvalue weighted by Crippen LogP contribution is 2.18. The van der Waals surface area contributed by atoms with Crippen LogP contribution in [-0.4, -0.2) is 33.4 Å². The van der Waals surface area contributed by atoms with E-state index in [1.165, 1.54) is 10.4 Å². The first-order chi connectivity index (χ1) is 8.02. The van der Waals surface area contributed by atoms with Gasteiger partial charge in [-0.05, 0) is 25.6 Å². The molecular weight excluding hydrogens is 240 g/mol.